The summed E-state index contributed by atoms with van der Waals surface area (Å²) in [5, 5.41) is 0. The van der Waals surface area contributed by atoms with E-state index in [4.69, 9.17) is 19.9 Å². The fraction of sp³-hybridized carbons (Fsp3) is 0.571. The van der Waals surface area contributed by atoms with Crippen LogP contribution in [0.3, 0.4) is 0 Å². The summed E-state index contributed by atoms with van der Waals surface area (Å²) in [6.07, 6.45) is 1.08. The first-order chi connectivity index (χ1) is 9.22. The van der Waals surface area contributed by atoms with Crippen LogP contribution in [0.2, 0.25) is 0 Å². The molecule has 1 saturated heterocycles. The molecule has 2 aliphatic heterocycles. The third-order valence-electron chi connectivity index (χ3n) is 4.03. The average Bonchev–Trinajstić information content (AvgIpc) is 3.03. The van der Waals surface area contributed by atoms with Crippen LogP contribution in [-0.4, -0.2) is 38.9 Å². The lowest BCUT2D eigenvalue weighted by Crippen LogP contribution is -2.20. The van der Waals surface area contributed by atoms with E-state index in [-0.39, 0.29) is 6.79 Å². The van der Waals surface area contributed by atoms with Gasteiger partial charge in [-0.2, -0.15) is 0 Å². The van der Waals surface area contributed by atoms with Crippen LogP contribution >= 0.6 is 0 Å². The highest BCUT2D eigenvalue weighted by Crippen LogP contribution is 2.45. The Morgan fingerprint density at radius 2 is 2.26 bits per heavy atom. The van der Waals surface area contributed by atoms with Gasteiger partial charge >= 0.3 is 0 Å². The summed E-state index contributed by atoms with van der Waals surface area (Å²) < 4.78 is 16.3. The first-order valence-electron chi connectivity index (χ1n) is 6.60. The number of nitrogens with zero attached hydrogens (tertiary/aromatic N) is 1. The molecule has 1 aromatic rings. The molecule has 19 heavy (non-hydrogen) atoms. The van der Waals surface area contributed by atoms with Crippen LogP contribution in [0, 0.1) is 5.92 Å². The molecule has 0 aliphatic carbocycles. The summed E-state index contributed by atoms with van der Waals surface area (Å²) in [5.41, 5.74) is 6.99. The van der Waals surface area contributed by atoms with Gasteiger partial charge in [0.25, 0.3) is 0 Å². The van der Waals surface area contributed by atoms with Gasteiger partial charge in [0.05, 0.1) is 7.11 Å². The van der Waals surface area contributed by atoms with Gasteiger partial charge in [0, 0.05) is 12.6 Å². The van der Waals surface area contributed by atoms with E-state index in [1.165, 1.54) is 5.56 Å². The van der Waals surface area contributed by atoms with Crippen molar-refractivity contribution in [3.8, 4) is 17.2 Å². The minimum absolute atomic E-state index is 0.265. The predicted molar refractivity (Wildman–Crippen MR) is 71.6 cm³/mol. The van der Waals surface area contributed by atoms with E-state index in [9.17, 15) is 0 Å². The Hall–Kier alpha value is -1.46. The van der Waals surface area contributed by atoms with Crippen molar-refractivity contribution in [2.75, 3.05) is 34.0 Å². The summed E-state index contributed by atoms with van der Waals surface area (Å²) in [4.78, 5) is 2.34. The fourth-order valence-corrected chi connectivity index (χ4v) is 3.01. The summed E-state index contributed by atoms with van der Waals surface area (Å²) in [5.74, 6) is 2.79. The van der Waals surface area contributed by atoms with Crippen LogP contribution in [0.5, 0.6) is 17.2 Å². The molecule has 0 amide bonds. The quantitative estimate of drug-likeness (QED) is 0.893. The normalized spacial score (nSPS) is 25.8. The monoisotopic (exact) mass is 264 g/mol. The molecule has 5 heteroatoms. The number of ether oxygens (including phenoxy) is 3. The summed E-state index contributed by atoms with van der Waals surface area (Å²) in [6, 6.07) is 4.48. The van der Waals surface area contributed by atoms with Crippen molar-refractivity contribution in [1.82, 2.24) is 4.90 Å². The molecule has 2 unspecified atom stereocenters. The highest BCUT2D eigenvalue weighted by molar-refractivity contribution is 5.55. The Kier molecular flexibility index (Phi) is 3.24. The van der Waals surface area contributed by atoms with Crippen molar-refractivity contribution < 1.29 is 14.2 Å². The Labute approximate surface area is 113 Å². The minimum Gasteiger partial charge on any atom is -0.493 e. The van der Waals surface area contributed by atoms with Crippen molar-refractivity contribution >= 4 is 0 Å². The topological polar surface area (TPSA) is 57.0 Å². The van der Waals surface area contributed by atoms with Gasteiger partial charge < -0.3 is 19.9 Å². The zero-order valence-corrected chi connectivity index (χ0v) is 11.4. The van der Waals surface area contributed by atoms with Crippen LogP contribution < -0.4 is 19.9 Å². The van der Waals surface area contributed by atoms with Gasteiger partial charge in [0.1, 0.15) is 0 Å². The Balaban J connectivity index is 1.93. The third-order valence-corrected chi connectivity index (χ3v) is 4.03. The van der Waals surface area contributed by atoms with Gasteiger partial charge in [0.15, 0.2) is 11.5 Å². The lowest BCUT2D eigenvalue weighted by Gasteiger charge is -2.20. The van der Waals surface area contributed by atoms with Crippen LogP contribution in [0.25, 0.3) is 0 Å². The number of nitrogens with two attached hydrogens (primary N) is 1. The highest BCUT2D eigenvalue weighted by atomic mass is 16.7. The number of benzene rings is 1. The van der Waals surface area contributed by atoms with Crippen LogP contribution in [-0.2, 0) is 0 Å². The number of methoxy groups -OCH3 is 1. The van der Waals surface area contributed by atoms with Crippen molar-refractivity contribution in [1.29, 1.82) is 0 Å². The smallest absolute Gasteiger partial charge is 0.231 e. The van der Waals surface area contributed by atoms with Gasteiger partial charge in [-0.1, -0.05) is 0 Å². The van der Waals surface area contributed by atoms with Crippen LogP contribution in [0.15, 0.2) is 12.1 Å². The van der Waals surface area contributed by atoms with Crippen molar-refractivity contribution in [3.05, 3.63) is 17.7 Å². The van der Waals surface area contributed by atoms with Gasteiger partial charge in [0.2, 0.25) is 12.5 Å². The summed E-state index contributed by atoms with van der Waals surface area (Å²) >= 11 is 0. The molecule has 0 aromatic heterocycles. The van der Waals surface area contributed by atoms with Gasteiger partial charge in [-0.05, 0) is 43.6 Å². The SMILES string of the molecule is COc1cc(C2CC(CN)CN2C)cc2c1OCO2. The molecule has 2 aliphatic rings. The second-order valence-electron chi connectivity index (χ2n) is 5.25. The standard InChI is InChI=1S/C14H20N2O3/c1-16-7-9(6-15)3-11(16)10-4-12(17-2)14-13(5-10)18-8-19-14/h4-5,9,11H,3,6-8,15H2,1-2H3. The Bertz CT molecular complexity index is 478. The van der Waals surface area contributed by atoms with E-state index >= 15 is 0 Å². The maximum atomic E-state index is 5.79. The number of likely N-dealkylation sites (tertiary alicyclic amines) is 1. The molecule has 2 atom stereocenters. The number of hydrogen-bond acceptors (Lipinski definition) is 5. The molecule has 1 aromatic carbocycles. The highest BCUT2D eigenvalue weighted by Gasteiger charge is 2.32. The molecule has 0 saturated carbocycles. The maximum absolute atomic E-state index is 5.79. The van der Waals surface area contributed by atoms with Crippen molar-refractivity contribution in [2.45, 2.75) is 12.5 Å². The van der Waals surface area contributed by atoms with Crippen molar-refractivity contribution in [3.63, 3.8) is 0 Å². The van der Waals surface area contributed by atoms with Crippen LogP contribution in [0.4, 0.5) is 0 Å². The minimum atomic E-state index is 0.265. The fourth-order valence-electron chi connectivity index (χ4n) is 3.01. The largest absolute Gasteiger partial charge is 0.493 e. The van der Waals surface area contributed by atoms with Gasteiger partial charge in [-0.25, -0.2) is 0 Å². The maximum Gasteiger partial charge on any atom is 0.231 e. The number of rotatable bonds is 3. The van der Waals surface area contributed by atoms with E-state index < -0.39 is 0 Å². The lowest BCUT2D eigenvalue weighted by molar-refractivity contribution is 0.171. The molecule has 0 spiro atoms. The molecule has 3 rings (SSSR count). The number of hydrogen-bond donors (Lipinski definition) is 1. The third kappa shape index (κ3) is 2.13. The molecule has 5 nitrogen and oxygen atoms in total. The number of fused-ring (bicyclic) bond motifs is 1. The lowest BCUT2D eigenvalue weighted by atomic mass is 9.99. The van der Waals surface area contributed by atoms with E-state index in [1.807, 2.05) is 6.07 Å². The van der Waals surface area contributed by atoms with Gasteiger partial charge in [-0.3, -0.25) is 4.90 Å². The molecule has 104 valence electrons. The molecular formula is C14H20N2O3. The van der Waals surface area contributed by atoms with Gasteiger partial charge in [-0.15, -0.1) is 0 Å². The van der Waals surface area contributed by atoms with E-state index in [0.29, 0.717) is 17.7 Å². The first kappa shape index (κ1) is 12.6. The average molecular weight is 264 g/mol. The second-order valence-corrected chi connectivity index (χ2v) is 5.25. The molecule has 1 fully saturated rings. The summed E-state index contributed by atoms with van der Waals surface area (Å²) in [6.45, 7) is 2.04. The molecule has 0 bridgehead atoms. The predicted octanol–water partition coefficient (Wildman–Crippen LogP) is 1.38. The Morgan fingerprint density at radius 3 is 2.95 bits per heavy atom. The molecule has 2 N–H and O–H groups in total. The zero-order chi connectivity index (χ0) is 13.4. The van der Waals surface area contributed by atoms with E-state index in [0.717, 1.165) is 31.0 Å². The summed E-state index contributed by atoms with van der Waals surface area (Å²) in [7, 11) is 3.79. The second kappa shape index (κ2) is 4.90. The molecule has 0 radical (unpaired) electrons. The Morgan fingerprint density at radius 1 is 1.42 bits per heavy atom. The zero-order valence-electron chi connectivity index (χ0n) is 11.4. The van der Waals surface area contributed by atoms with E-state index in [1.54, 1.807) is 7.11 Å². The molecule has 2 heterocycles. The van der Waals surface area contributed by atoms with Crippen molar-refractivity contribution in [2.24, 2.45) is 11.7 Å². The first-order valence-corrected chi connectivity index (χ1v) is 6.60. The molecular weight excluding hydrogens is 244 g/mol. The van der Waals surface area contributed by atoms with Crippen LogP contribution in [0.1, 0.15) is 18.0 Å². The van der Waals surface area contributed by atoms with E-state index in [2.05, 4.69) is 18.0 Å².